The van der Waals surface area contributed by atoms with Crippen LogP contribution in [0.3, 0.4) is 0 Å². The summed E-state index contributed by atoms with van der Waals surface area (Å²) in [6.07, 6.45) is 3.15. The van der Waals surface area contributed by atoms with E-state index in [0.29, 0.717) is 6.54 Å². The first-order valence-electron chi connectivity index (χ1n) is 4.77. The molecule has 5 N–H and O–H groups in total. The standard InChI is InChI=1S/C9H15N5O2/c1-14(5-6-3-12-13-4-6)9(16)7(10)2-8(11)15/h3-4,7H,2,5,10H2,1H3,(H2,11,15)(H,12,13). The average molecular weight is 225 g/mol. The minimum atomic E-state index is -0.880. The molecule has 2 amide bonds. The molecule has 16 heavy (non-hydrogen) atoms. The van der Waals surface area contributed by atoms with Gasteiger partial charge in [0.05, 0.1) is 18.7 Å². The third-order valence-corrected chi connectivity index (χ3v) is 2.09. The van der Waals surface area contributed by atoms with Crippen LogP contribution in [-0.2, 0) is 16.1 Å². The first kappa shape index (κ1) is 12.2. The molecule has 7 nitrogen and oxygen atoms in total. The largest absolute Gasteiger partial charge is 0.370 e. The summed E-state index contributed by atoms with van der Waals surface area (Å²) in [6.45, 7) is 0.391. The van der Waals surface area contributed by atoms with Gasteiger partial charge in [-0.2, -0.15) is 5.10 Å². The van der Waals surface area contributed by atoms with Crippen molar-refractivity contribution in [3.63, 3.8) is 0 Å². The molecule has 0 aliphatic rings. The van der Waals surface area contributed by atoms with Crippen molar-refractivity contribution < 1.29 is 9.59 Å². The summed E-state index contributed by atoms with van der Waals surface area (Å²) >= 11 is 0. The van der Waals surface area contributed by atoms with Crippen LogP contribution in [0.2, 0.25) is 0 Å². The zero-order chi connectivity index (χ0) is 12.1. The number of H-pyrrole nitrogens is 1. The van der Waals surface area contributed by atoms with Crippen LogP contribution in [0.1, 0.15) is 12.0 Å². The van der Waals surface area contributed by atoms with Crippen LogP contribution in [0.15, 0.2) is 12.4 Å². The Morgan fingerprint density at radius 2 is 2.31 bits per heavy atom. The maximum Gasteiger partial charge on any atom is 0.240 e. The summed E-state index contributed by atoms with van der Waals surface area (Å²) in [4.78, 5) is 23.7. The number of carbonyl (C=O) groups excluding carboxylic acids is 2. The van der Waals surface area contributed by atoms with Crippen LogP contribution in [-0.4, -0.2) is 40.0 Å². The predicted octanol–water partition coefficient (Wildman–Crippen LogP) is -1.43. The van der Waals surface area contributed by atoms with Gasteiger partial charge in [0.15, 0.2) is 0 Å². The maximum absolute atomic E-state index is 11.7. The zero-order valence-corrected chi connectivity index (χ0v) is 9.01. The molecule has 0 saturated heterocycles. The molecule has 0 aromatic carbocycles. The van der Waals surface area contributed by atoms with Gasteiger partial charge >= 0.3 is 0 Å². The van der Waals surface area contributed by atoms with Crippen LogP contribution in [0.5, 0.6) is 0 Å². The van der Waals surface area contributed by atoms with Crippen molar-refractivity contribution >= 4 is 11.8 Å². The van der Waals surface area contributed by atoms with E-state index in [-0.39, 0.29) is 12.3 Å². The Kier molecular flexibility index (Phi) is 4.01. The number of amides is 2. The smallest absolute Gasteiger partial charge is 0.240 e. The van der Waals surface area contributed by atoms with E-state index >= 15 is 0 Å². The Labute approximate surface area is 92.8 Å². The van der Waals surface area contributed by atoms with Crippen molar-refractivity contribution in [2.45, 2.75) is 19.0 Å². The summed E-state index contributed by atoms with van der Waals surface area (Å²) in [5.74, 6) is -0.905. The molecule has 0 aliphatic carbocycles. The molecular formula is C9H15N5O2. The van der Waals surface area contributed by atoms with Gasteiger partial charge in [-0.3, -0.25) is 14.7 Å². The van der Waals surface area contributed by atoms with Crippen molar-refractivity contribution in [3.05, 3.63) is 18.0 Å². The fourth-order valence-corrected chi connectivity index (χ4v) is 1.30. The molecule has 1 aromatic heterocycles. The van der Waals surface area contributed by atoms with Gasteiger partial charge in [0, 0.05) is 25.4 Å². The number of nitrogens with zero attached hydrogens (tertiary/aromatic N) is 2. The van der Waals surface area contributed by atoms with Crippen LogP contribution < -0.4 is 11.5 Å². The molecule has 0 spiro atoms. The molecule has 0 aliphatic heterocycles. The number of aromatic nitrogens is 2. The molecule has 7 heteroatoms. The van der Waals surface area contributed by atoms with Gasteiger partial charge in [-0.25, -0.2) is 0 Å². The summed E-state index contributed by atoms with van der Waals surface area (Å²) in [5.41, 5.74) is 11.4. The topological polar surface area (TPSA) is 118 Å². The lowest BCUT2D eigenvalue weighted by Gasteiger charge is -2.19. The molecule has 0 saturated carbocycles. The molecule has 0 radical (unpaired) electrons. The average Bonchev–Trinajstić information content (AvgIpc) is 2.68. The summed E-state index contributed by atoms with van der Waals surface area (Å²) in [7, 11) is 1.61. The molecule has 88 valence electrons. The fourth-order valence-electron chi connectivity index (χ4n) is 1.30. The monoisotopic (exact) mass is 225 g/mol. The minimum absolute atomic E-state index is 0.144. The van der Waals surface area contributed by atoms with Gasteiger partial charge < -0.3 is 16.4 Å². The van der Waals surface area contributed by atoms with E-state index < -0.39 is 11.9 Å². The van der Waals surface area contributed by atoms with Gasteiger partial charge in [-0.1, -0.05) is 0 Å². The molecule has 0 fully saturated rings. The molecule has 1 rings (SSSR count). The lowest BCUT2D eigenvalue weighted by atomic mass is 10.2. The SMILES string of the molecule is CN(Cc1cn[nH]c1)C(=O)C(N)CC(N)=O. The number of nitrogens with two attached hydrogens (primary N) is 2. The van der Waals surface area contributed by atoms with E-state index in [2.05, 4.69) is 10.2 Å². The molecule has 1 unspecified atom stereocenters. The maximum atomic E-state index is 11.7. The van der Waals surface area contributed by atoms with Gasteiger partial charge in [0.2, 0.25) is 11.8 Å². The highest BCUT2D eigenvalue weighted by Crippen LogP contribution is 2.02. The van der Waals surface area contributed by atoms with Crippen molar-refractivity contribution in [1.82, 2.24) is 15.1 Å². The third kappa shape index (κ3) is 3.35. The van der Waals surface area contributed by atoms with Crippen molar-refractivity contribution in [2.75, 3.05) is 7.05 Å². The van der Waals surface area contributed by atoms with E-state index in [1.165, 1.54) is 4.90 Å². The van der Waals surface area contributed by atoms with Gasteiger partial charge in [-0.05, 0) is 0 Å². The summed E-state index contributed by atoms with van der Waals surface area (Å²) < 4.78 is 0. The van der Waals surface area contributed by atoms with Crippen LogP contribution >= 0.6 is 0 Å². The third-order valence-electron chi connectivity index (χ3n) is 2.09. The van der Waals surface area contributed by atoms with E-state index in [9.17, 15) is 9.59 Å². The molecule has 1 heterocycles. The normalized spacial score (nSPS) is 12.1. The minimum Gasteiger partial charge on any atom is -0.370 e. The van der Waals surface area contributed by atoms with Gasteiger partial charge in [0.1, 0.15) is 0 Å². The highest BCUT2D eigenvalue weighted by Gasteiger charge is 2.20. The number of carbonyl (C=O) groups is 2. The first-order valence-corrected chi connectivity index (χ1v) is 4.77. The van der Waals surface area contributed by atoms with Crippen LogP contribution in [0.25, 0.3) is 0 Å². The van der Waals surface area contributed by atoms with Gasteiger partial charge in [0.25, 0.3) is 0 Å². The lowest BCUT2D eigenvalue weighted by Crippen LogP contribution is -2.43. The number of nitrogens with one attached hydrogen (secondary N) is 1. The predicted molar refractivity (Wildman–Crippen MR) is 56.8 cm³/mol. The molecule has 0 bridgehead atoms. The number of aromatic amines is 1. The van der Waals surface area contributed by atoms with Crippen molar-refractivity contribution in [2.24, 2.45) is 11.5 Å². The highest BCUT2D eigenvalue weighted by molar-refractivity contribution is 5.87. The Bertz CT molecular complexity index is 362. The second kappa shape index (κ2) is 5.26. The van der Waals surface area contributed by atoms with Crippen LogP contribution in [0.4, 0.5) is 0 Å². The zero-order valence-electron chi connectivity index (χ0n) is 9.01. The molecule has 1 aromatic rings. The van der Waals surface area contributed by atoms with Gasteiger partial charge in [-0.15, -0.1) is 0 Å². The quantitative estimate of drug-likeness (QED) is 0.569. The number of hydrogen-bond acceptors (Lipinski definition) is 4. The second-order valence-corrected chi connectivity index (χ2v) is 3.58. The fraction of sp³-hybridized carbons (Fsp3) is 0.444. The summed E-state index contributed by atoms with van der Waals surface area (Å²) in [5, 5.41) is 6.40. The Balaban J connectivity index is 2.50. The highest BCUT2D eigenvalue weighted by atomic mass is 16.2. The number of hydrogen-bond donors (Lipinski definition) is 3. The Morgan fingerprint density at radius 1 is 1.62 bits per heavy atom. The number of rotatable bonds is 5. The van der Waals surface area contributed by atoms with Crippen LogP contribution in [0, 0.1) is 0 Å². The molecule has 1 atom stereocenters. The lowest BCUT2D eigenvalue weighted by molar-refractivity contribution is -0.133. The summed E-state index contributed by atoms with van der Waals surface area (Å²) in [6, 6.07) is -0.880. The second-order valence-electron chi connectivity index (χ2n) is 3.58. The first-order chi connectivity index (χ1) is 7.50. The van der Waals surface area contributed by atoms with E-state index in [4.69, 9.17) is 11.5 Å². The van der Waals surface area contributed by atoms with E-state index in [1.54, 1.807) is 19.4 Å². The Hall–Kier alpha value is -1.89. The Morgan fingerprint density at radius 3 is 2.81 bits per heavy atom. The van der Waals surface area contributed by atoms with Crippen molar-refractivity contribution in [1.29, 1.82) is 0 Å². The molecular weight excluding hydrogens is 210 g/mol. The number of primary amides is 1. The van der Waals surface area contributed by atoms with Crippen molar-refractivity contribution in [3.8, 4) is 0 Å². The van der Waals surface area contributed by atoms with E-state index in [1.807, 2.05) is 0 Å². The number of likely N-dealkylation sites (N-methyl/N-ethyl adjacent to an activating group) is 1. The van der Waals surface area contributed by atoms with E-state index in [0.717, 1.165) is 5.56 Å².